The number of nitrogens with zero attached hydrogens (tertiary/aromatic N) is 3. The molecule has 1 aromatic carbocycles. The molecule has 2 aromatic heterocycles. The van der Waals surface area contributed by atoms with Crippen molar-refractivity contribution in [2.75, 3.05) is 0 Å². The van der Waals surface area contributed by atoms with Gasteiger partial charge in [0.2, 0.25) is 0 Å². The molecule has 0 saturated heterocycles. The normalized spacial score (nSPS) is 11.4. The maximum atomic E-state index is 12.3. The Balaban J connectivity index is 1.77. The van der Waals surface area contributed by atoms with Crippen molar-refractivity contribution in [2.45, 2.75) is 20.4 Å². The zero-order valence-corrected chi connectivity index (χ0v) is 14.3. The first-order chi connectivity index (χ1) is 11.1. The number of carbonyl (C=O) groups is 1. The summed E-state index contributed by atoms with van der Waals surface area (Å²) in [7, 11) is 0. The standard InChI is InChI=1S/C16H15ClN4OS/c1-3-21-9-11(10(2)20-21)8-18-19-16(22)15-14(17)12-6-4-5-7-13(12)23-15/h4-9H,3H2,1-2H3,(H,19,22)/b18-8+. The van der Waals surface area contributed by atoms with Crippen LogP contribution in [0.1, 0.15) is 27.9 Å². The number of rotatable bonds is 4. The lowest BCUT2D eigenvalue weighted by Gasteiger charge is -1.96. The minimum Gasteiger partial charge on any atom is -0.272 e. The van der Waals surface area contributed by atoms with Gasteiger partial charge in [-0.3, -0.25) is 9.48 Å². The number of amides is 1. The second kappa shape index (κ2) is 6.52. The summed E-state index contributed by atoms with van der Waals surface area (Å²) < 4.78 is 2.80. The van der Waals surface area contributed by atoms with Crippen LogP contribution in [-0.2, 0) is 6.54 Å². The quantitative estimate of drug-likeness (QED) is 0.576. The summed E-state index contributed by atoms with van der Waals surface area (Å²) in [5, 5.41) is 9.68. The third-order valence-electron chi connectivity index (χ3n) is 3.42. The molecule has 0 atom stereocenters. The maximum Gasteiger partial charge on any atom is 0.283 e. The van der Waals surface area contributed by atoms with Crippen molar-refractivity contribution in [3.8, 4) is 0 Å². The van der Waals surface area contributed by atoms with Gasteiger partial charge in [-0.1, -0.05) is 29.8 Å². The van der Waals surface area contributed by atoms with Gasteiger partial charge in [0.15, 0.2) is 0 Å². The largest absolute Gasteiger partial charge is 0.283 e. The number of carbonyl (C=O) groups excluding carboxylic acids is 1. The summed E-state index contributed by atoms with van der Waals surface area (Å²) in [6, 6.07) is 7.66. The van der Waals surface area contributed by atoms with Crippen LogP contribution in [-0.4, -0.2) is 21.9 Å². The van der Waals surface area contributed by atoms with Crippen LogP contribution in [0.15, 0.2) is 35.6 Å². The van der Waals surface area contributed by atoms with Crippen molar-refractivity contribution in [3.63, 3.8) is 0 Å². The van der Waals surface area contributed by atoms with Gasteiger partial charge in [-0.15, -0.1) is 11.3 Å². The zero-order chi connectivity index (χ0) is 16.4. The first-order valence-corrected chi connectivity index (χ1v) is 8.34. The molecule has 3 rings (SSSR count). The number of hydrazone groups is 1. The van der Waals surface area contributed by atoms with E-state index in [2.05, 4.69) is 15.6 Å². The lowest BCUT2D eigenvalue weighted by atomic mass is 10.2. The molecule has 2 heterocycles. The van der Waals surface area contributed by atoms with E-state index in [1.807, 2.05) is 49.0 Å². The van der Waals surface area contributed by atoms with Gasteiger partial charge in [0.05, 0.1) is 16.9 Å². The number of hydrogen-bond acceptors (Lipinski definition) is 4. The van der Waals surface area contributed by atoms with Crippen molar-refractivity contribution >= 4 is 45.1 Å². The molecule has 0 aliphatic rings. The van der Waals surface area contributed by atoms with Gasteiger partial charge in [-0.05, 0) is 19.9 Å². The number of nitrogens with one attached hydrogen (secondary N) is 1. The van der Waals surface area contributed by atoms with Gasteiger partial charge in [-0.2, -0.15) is 10.2 Å². The molecule has 1 N–H and O–H groups in total. The van der Waals surface area contributed by atoms with Crippen molar-refractivity contribution in [1.29, 1.82) is 0 Å². The molecule has 23 heavy (non-hydrogen) atoms. The summed E-state index contributed by atoms with van der Waals surface area (Å²) in [5.74, 6) is -0.312. The number of halogens is 1. The molecule has 0 radical (unpaired) electrons. The highest BCUT2D eigenvalue weighted by atomic mass is 35.5. The van der Waals surface area contributed by atoms with Crippen molar-refractivity contribution < 1.29 is 4.79 Å². The van der Waals surface area contributed by atoms with Crippen LogP contribution in [0.3, 0.4) is 0 Å². The predicted molar refractivity (Wildman–Crippen MR) is 94.5 cm³/mol. The monoisotopic (exact) mass is 346 g/mol. The highest BCUT2D eigenvalue weighted by Crippen LogP contribution is 2.34. The van der Waals surface area contributed by atoms with Crippen LogP contribution in [0.25, 0.3) is 10.1 Å². The van der Waals surface area contributed by atoms with Gasteiger partial charge in [-0.25, -0.2) is 5.43 Å². The van der Waals surface area contributed by atoms with Gasteiger partial charge in [0, 0.05) is 28.4 Å². The van der Waals surface area contributed by atoms with Crippen LogP contribution >= 0.6 is 22.9 Å². The molecule has 0 saturated carbocycles. The fourth-order valence-corrected chi connectivity index (χ4v) is 3.60. The Morgan fingerprint density at radius 3 is 2.96 bits per heavy atom. The minimum atomic E-state index is -0.312. The molecule has 7 heteroatoms. The van der Waals surface area contributed by atoms with Crippen LogP contribution in [0, 0.1) is 6.92 Å². The van der Waals surface area contributed by atoms with E-state index in [4.69, 9.17) is 11.6 Å². The van der Waals surface area contributed by atoms with E-state index >= 15 is 0 Å². The highest BCUT2D eigenvalue weighted by molar-refractivity contribution is 7.21. The SMILES string of the molecule is CCn1cc(/C=N/NC(=O)c2sc3ccccc3c2Cl)c(C)n1. The number of benzene rings is 1. The Labute approximate surface area is 142 Å². The van der Waals surface area contributed by atoms with E-state index in [1.54, 1.807) is 6.21 Å². The molecule has 3 aromatic rings. The summed E-state index contributed by atoms with van der Waals surface area (Å²) in [4.78, 5) is 12.7. The number of aryl methyl sites for hydroxylation is 2. The molecule has 0 aliphatic heterocycles. The average Bonchev–Trinajstić information content (AvgIpc) is 3.08. The Morgan fingerprint density at radius 2 is 2.26 bits per heavy atom. The number of hydrogen-bond donors (Lipinski definition) is 1. The second-order valence-electron chi connectivity index (χ2n) is 4.97. The molecule has 0 spiro atoms. The van der Waals surface area contributed by atoms with Gasteiger partial charge in [0.1, 0.15) is 4.88 Å². The van der Waals surface area contributed by atoms with E-state index < -0.39 is 0 Å². The first kappa shape index (κ1) is 15.7. The van der Waals surface area contributed by atoms with Crippen molar-refractivity contribution in [2.24, 2.45) is 5.10 Å². The number of thiophene rings is 1. The topological polar surface area (TPSA) is 59.3 Å². The summed E-state index contributed by atoms with van der Waals surface area (Å²) >= 11 is 7.63. The Morgan fingerprint density at radius 1 is 1.48 bits per heavy atom. The van der Waals surface area contributed by atoms with Gasteiger partial charge >= 0.3 is 0 Å². The van der Waals surface area contributed by atoms with Gasteiger partial charge in [0.25, 0.3) is 5.91 Å². The molecular formula is C16H15ClN4OS. The number of fused-ring (bicyclic) bond motifs is 1. The third kappa shape index (κ3) is 3.13. The second-order valence-corrected chi connectivity index (χ2v) is 6.40. The highest BCUT2D eigenvalue weighted by Gasteiger charge is 2.16. The van der Waals surface area contributed by atoms with Crippen LogP contribution in [0.2, 0.25) is 5.02 Å². The molecule has 0 aliphatic carbocycles. The van der Waals surface area contributed by atoms with E-state index in [0.717, 1.165) is 27.9 Å². The zero-order valence-electron chi connectivity index (χ0n) is 12.7. The van der Waals surface area contributed by atoms with E-state index in [1.165, 1.54) is 11.3 Å². The molecule has 0 fully saturated rings. The Hall–Kier alpha value is -2.18. The fraction of sp³-hybridized carbons (Fsp3) is 0.188. The molecule has 118 valence electrons. The van der Waals surface area contributed by atoms with Gasteiger partial charge < -0.3 is 0 Å². The van der Waals surface area contributed by atoms with Crippen LogP contribution in [0.4, 0.5) is 0 Å². The first-order valence-electron chi connectivity index (χ1n) is 7.14. The van der Waals surface area contributed by atoms with E-state index in [9.17, 15) is 4.79 Å². The Bertz CT molecular complexity index is 897. The molecule has 1 amide bonds. The Kier molecular flexibility index (Phi) is 4.45. The van der Waals surface area contributed by atoms with E-state index in [-0.39, 0.29) is 5.91 Å². The lowest BCUT2D eigenvalue weighted by Crippen LogP contribution is -2.16. The predicted octanol–water partition coefficient (Wildman–Crippen LogP) is 3.84. The van der Waals surface area contributed by atoms with E-state index in [0.29, 0.717) is 9.90 Å². The van der Waals surface area contributed by atoms with Crippen LogP contribution < -0.4 is 5.43 Å². The summed E-state index contributed by atoms with van der Waals surface area (Å²) in [6.07, 6.45) is 3.48. The summed E-state index contributed by atoms with van der Waals surface area (Å²) in [6.45, 7) is 4.70. The number of aromatic nitrogens is 2. The average molecular weight is 347 g/mol. The minimum absolute atomic E-state index is 0.312. The molecular weight excluding hydrogens is 332 g/mol. The van der Waals surface area contributed by atoms with Crippen LogP contribution in [0.5, 0.6) is 0 Å². The van der Waals surface area contributed by atoms with Crippen molar-refractivity contribution in [1.82, 2.24) is 15.2 Å². The molecule has 5 nitrogen and oxygen atoms in total. The molecule has 0 bridgehead atoms. The fourth-order valence-electron chi connectivity index (χ4n) is 2.19. The lowest BCUT2D eigenvalue weighted by molar-refractivity contribution is 0.0959. The maximum absolute atomic E-state index is 12.3. The smallest absolute Gasteiger partial charge is 0.272 e. The molecule has 0 unspecified atom stereocenters. The van der Waals surface area contributed by atoms with Crippen molar-refractivity contribution in [3.05, 3.63) is 51.6 Å². The summed E-state index contributed by atoms with van der Waals surface area (Å²) in [5.41, 5.74) is 4.26. The third-order valence-corrected chi connectivity index (χ3v) is 5.09.